The van der Waals surface area contributed by atoms with Crippen LogP contribution in [0, 0.1) is 0 Å². The largest absolute Gasteiger partial charge is 0.462 e. The van der Waals surface area contributed by atoms with E-state index in [1.807, 2.05) is 12.1 Å². The Hall–Kier alpha value is -2.43. The smallest absolute Gasteiger partial charge is 0.335 e. The molecule has 0 spiro atoms. The summed E-state index contributed by atoms with van der Waals surface area (Å²) in [6.45, 7) is 5.87. The van der Waals surface area contributed by atoms with E-state index >= 15 is 0 Å². The Bertz CT molecular complexity index is 732. The number of carbonyl (C=O) groups excluding carboxylic acids is 1. The molecule has 1 N–H and O–H groups in total. The molecule has 0 fully saturated rings. The van der Waals surface area contributed by atoms with Gasteiger partial charge in [-0.3, -0.25) is 0 Å². The second kappa shape index (κ2) is 10.7. The maximum Gasteiger partial charge on any atom is 0.335 e. The summed E-state index contributed by atoms with van der Waals surface area (Å²) in [7, 11) is 1.62. The highest BCUT2D eigenvalue weighted by Gasteiger charge is 2.16. The van der Waals surface area contributed by atoms with Crippen LogP contribution in [0.15, 0.2) is 60.7 Å². The summed E-state index contributed by atoms with van der Waals surface area (Å²) in [5, 5.41) is 8.95. The third-order valence-electron chi connectivity index (χ3n) is 4.47. The van der Waals surface area contributed by atoms with Crippen molar-refractivity contribution in [2.75, 3.05) is 26.9 Å². The molecule has 0 bridgehead atoms. The lowest BCUT2D eigenvalue weighted by Crippen LogP contribution is -2.18. The lowest BCUT2D eigenvalue weighted by molar-refractivity contribution is -0.140. The van der Waals surface area contributed by atoms with Crippen molar-refractivity contribution >= 4 is 5.97 Å². The molecule has 2 rings (SSSR count). The van der Waals surface area contributed by atoms with E-state index in [1.54, 1.807) is 7.11 Å². The molecule has 4 nitrogen and oxygen atoms in total. The molecule has 1 atom stereocenters. The first kappa shape index (κ1) is 20.9. The zero-order valence-electron chi connectivity index (χ0n) is 16.1. The molecular weight excluding hydrogens is 340 g/mol. The molecule has 0 radical (unpaired) electrons. The monoisotopic (exact) mass is 368 g/mol. The molecule has 0 aliphatic rings. The molecule has 0 aliphatic heterocycles. The lowest BCUT2D eigenvalue weighted by Gasteiger charge is -2.17. The molecule has 144 valence electrons. The van der Waals surface area contributed by atoms with E-state index in [0.717, 1.165) is 24.0 Å². The topological polar surface area (TPSA) is 55.8 Å². The average Bonchev–Trinajstić information content (AvgIpc) is 2.71. The van der Waals surface area contributed by atoms with Crippen LogP contribution in [-0.4, -0.2) is 38.0 Å². The first-order valence-corrected chi connectivity index (χ1v) is 9.23. The second-order valence-electron chi connectivity index (χ2n) is 6.58. The van der Waals surface area contributed by atoms with Crippen molar-refractivity contribution in [3.63, 3.8) is 0 Å². The van der Waals surface area contributed by atoms with Crippen molar-refractivity contribution in [3.8, 4) is 11.1 Å². The van der Waals surface area contributed by atoms with E-state index in [-0.39, 0.29) is 18.1 Å². The Morgan fingerprint density at radius 3 is 2.15 bits per heavy atom. The molecule has 0 heterocycles. The minimum absolute atomic E-state index is 0.0491. The van der Waals surface area contributed by atoms with Gasteiger partial charge in [-0.05, 0) is 28.7 Å². The van der Waals surface area contributed by atoms with Crippen LogP contribution in [0.5, 0.6) is 0 Å². The summed E-state index contributed by atoms with van der Waals surface area (Å²) < 4.78 is 10.5. The predicted molar refractivity (Wildman–Crippen MR) is 108 cm³/mol. The van der Waals surface area contributed by atoms with Crippen LogP contribution >= 0.6 is 0 Å². The fourth-order valence-electron chi connectivity index (χ4n) is 2.88. The van der Waals surface area contributed by atoms with E-state index < -0.39 is 12.6 Å². The third-order valence-corrected chi connectivity index (χ3v) is 4.47. The van der Waals surface area contributed by atoms with Crippen LogP contribution in [0.4, 0.5) is 0 Å². The fraction of sp³-hybridized carbons (Fsp3) is 0.348. The molecule has 0 saturated heterocycles. The van der Waals surface area contributed by atoms with Crippen LogP contribution in [0.25, 0.3) is 11.1 Å². The zero-order valence-corrected chi connectivity index (χ0v) is 16.1. The SMILES string of the molecule is C=C(CO)C(=O)OCC(COC)c1ccc(-c2ccc(CCC)cc2)cc1. The van der Waals surface area contributed by atoms with Gasteiger partial charge in [-0.15, -0.1) is 0 Å². The highest BCUT2D eigenvalue weighted by molar-refractivity contribution is 5.87. The summed E-state index contributed by atoms with van der Waals surface area (Å²) in [5.41, 5.74) is 4.75. The maximum absolute atomic E-state index is 11.7. The Balaban J connectivity index is 2.07. The van der Waals surface area contributed by atoms with Gasteiger partial charge in [-0.1, -0.05) is 68.5 Å². The number of aliphatic hydroxyl groups excluding tert-OH is 1. The lowest BCUT2D eigenvalue weighted by atomic mass is 9.96. The second-order valence-corrected chi connectivity index (χ2v) is 6.58. The van der Waals surface area contributed by atoms with Crippen LogP contribution in [-0.2, 0) is 20.7 Å². The Morgan fingerprint density at radius 1 is 1.04 bits per heavy atom. The van der Waals surface area contributed by atoms with E-state index in [2.05, 4.69) is 49.9 Å². The number of hydrogen-bond donors (Lipinski definition) is 1. The van der Waals surface area contributed by atoms with Gasteiger partial charge in [-0.2, -0.15) is 0 Å². The van der Waals surface area contributed by atoms with Gasteiger partial charge in [0.25, 0.3) is 0 Å². The summed E-state index contributed by atoms with van der Waals surface area (Å²) in [6, 6.07) is 16.9. The molecule has 0 aliphatic carbocycles. The number of hydrogen-bond acceptors (Lipinski definition) is 4. The van der Waals surface area contributed by atoms with Crippen molar-refractivity contribution in [1.29, 1.82) is 0 Å². The van der Waals surface area contributed by atoms with Crippen molar-refractivity contribution < 1.29 is 19.4 Å². The average molecular weight is 368 g/mol. The Morgan fingerprint density at radius 2 is 1.63 bits per heavy atom. The normalized spacial score (nSPS) is 11.8. The quantitative estimate of drug-likeness (QED) is 0.506. The standard InChI is InChI=1S/C23H28O4/c1-4-5-18-6-8-19(9-7-18)20-10-12-21(13-11-20)22(15-26-3)16-27-23(25)17(2)14-24/h6-13,22,24H,2,4-5,14-16H2,1,3H3. The van der Waals surface area contributed by atoms with E-state index in [9.17, 15) is 4.79 Å². The Labute approximate surface area is 161 Å². The molecule has 2 aromatic rings. The number of carbonyl (C=O) groups is 1. The first-order chi connectivity index (χ1) is 13.1. The van der Waals surface area contributed by atoms with Gasteiger partial charge in [0.05, 0.1) is 18.8 Å². The molecule has 0 amide bonds. The van der Waals surface area contributed by atoms with E-state index in [0.29, 0.717) is 6.61 Å². The van der Waals surface area contributed by atoms with Crippen molar-refractivity contribution in [2.45, 2.75) is 25.7 Å². The first-order valence-electron chi connectivity index (χ1n) is 9.23. The number of ether oxygens (including phenoxy) is 2. The van der Waals surface area contributed by atoms with Gasteiger partial charge >= 0.3 is 5.97 Å². The molecular formula is C23H28O4. The molecule has 0 aromatic heterocycles. The summed E-state index contributed by atoms with van der Waals surface area (Å²) in [6.07, 6.45) is 2.24. The fourth-order valence-corrected chi connectivity index (χ4v) is 2.88. The van der Waals surface area contributed by atoms with Gasteiger partial charge in [-0.25, -0.2) is 4.79 Å². The minimum Gasteiger partial charge on any atom is -0.462 e. The number of benzene rings is 2. The molecule has 0 saturated carbocycles. The van der Waals surface area contributed by atoms with Gasteiger partial charge in [0.2, 0.25) is 0 Å². The zero-order chi connectivity index (χ0) is 19.6. The van der Waals surface area contributed by atoms with Gasteiger partial charge in [0.1, 0.15) is 6.61 Å². The Kier molecular flexibility index (Phi) is 8.24. The maximum atomic E-state index is 11.7. The minimum atomic E-state index is -0.581. The van der Waals surface area contributed by atoms with Crippen LogP contribution in [0.3, 0.4) is 0 Å². The summed E-state index contributed by atoms with van der Waals surface area (Å²) in [5.74, 6) is -0.659. The number of aliphatic hydroxyl groups is 1. The van der Waals surface area contributed by atoms with E-state index in [4.69, 9.17) is 14.6 Å². The molecule has 27 heavy (non-hydrogen) atoms. The van der Waals surface area contributed by atoms with Gasteiger partial charge in [0, 0.05) is 13.0 Å². The molecule has 2 aromatic carbocycles. The molecule has 1 unspecified atom stereocenters. The van der Waals surface area contributed by atoms with Crippen molar-refractivity contribution in [3.05, 3.63) is 71.8 Å². The predicted octanol–water partition coefficient (Wildman–Crippen LogP) is 4.13. The van der Waals surface area contributed by atoms with Crippen LogP contribution in [0.2, 0.25) is 0 Å². The van der Waals surface area contributed by atoms with Crippen LogP contribution < -0.4 is 0 Å². The number of methoxy groups -OCH3 is 1. The number of esters is 1. The van der Waals surface area contributed by atoms with Crippen LogP contribution in [0.1, 0.15) is 30.4 Å². The van der Waals surface area contributed by atoms with Gasteiger partial charge in [0.15, 0.2) is 0 Å². The van der Waals surface area contributed by atoms with Crippen molar-refractivity contribution in [1.82, 2.24) is 0 Å². The van der Waals surface area contributed by atoms with Crippen molar-refractivity contribution in [2.24, 2.45) is 0 Å². The van der Waals surface area contributed by atoms with Gasteiger partial charge < -0.3 is 14.6 Å². The number of rotatable bonds is 10. The summed E-state index contributed by atoms with van der Waals surface area (Å²) in [4.78, 5) is 11.7. The van der Waals surface area contributed by atoms with E-state index in [1.165, 1.54) is 11.1 Å². The third kappa shape index (κ3) is 6.05. The molecule has 4 heteroatoms. The summed E-state index contributed by atoms with van der Waals surface area (Å²) >= 11 is 0. The highest BCUT2D eigenvalue weighted by atomic mass is 16.5. The number of aryl methyl sites for hydroxylation is 1. The highest BCUT2D eigenvalue weighted by Crippen LogP contribution is 2.24.